The van der Waals surface area contributed by atoms with E-state index in [4.69, 9.17) is 4.74 Å². The molecule has 1 aliphatic heterocycles. The molecule has 0 aromatic heterocycles. The predicted octanol–water partition coefficient (Wildman–Crippen LogP) is 4.01. The van der Waals surface area contributed by atoms with Gasteiger partial charge in [-0.2, -0.15) is 0 Å². The first-order valence-electron chi connectivity index (χ1n) is 10.9. The largest absolute Gasteiger partial charge is 0.480 e. The summed E-state index contributed by atoms with van der Waals surface area (Å²) in [5.74, 6) is -3.35. The third-order valence-corrected chi connectivity index (χ3v) is 5.82. The molecule has 0 saturated carbocycles. The molecular formula is C25H28FNO5. The average Bonchev–Trinajstić information content (AvgIpc) is 2.88. The number of carbonyl (C=O) groups excluding carboxylic acids is 2. The van der Waals surface area contributed by atoms with E-state index in [1.807, 2.05) is 30.3 Å². The van der Waals surface area contributed by atoms with E-state index in [1.165, 1.54) is 23.1 Å². The van der Waals surface area contributed by atoms with Crippen LogP contribution in [0.25, 0.3) is 0 Å². The standard InChI is InChI=1S/C25H28FNO5/c1-2-32-25(31)20(9-8-17-6-4-3-5-7-17)14-19-11-10-18-15-21(26)12-13-22(18)27(24(19)30)16-23(28)29/h3-7,12-13,15,19-20H,2,8-11,14,16H2,1H3,(H,28,29)/t19-,20?/m1/s1. The van der Waals surface area contributed by atoms with Crippen molar-refractivity contribution in [3.63, 3.8) is 0 Å². The summed E-state index contributed by atoms with van der Waals surface area (Å²) in [7, 11) is 0. The molecule has 2 aromatic rings. The van der Waals surface area contributed by atoms with E-state index in [9.17, 15) is 23.9 Å². The normalized spacial score (nSPS) is 16.8. The van der Waals surface area contributed by atoms with Crippen LogP contribution < -0.4 is 4.90 Å². The van der Waals surface area contributed by atoms with Crippen LogP contribution in [0.2, 0.25) is 0 Å². The number of aliphatic carboxylic acids is 1. The molecule has 2 aromatic carbocycles. The zero-order valence-corrected chi connectivity index (χ0v) is 18.1. The van der Waals surface area contributed by atoms with Crippen LogP contribution in [-0.4, -0.2) is 36.1 Å². The van der Waals surface area contributed by atoms with Crippen LogP contribution in [0, 0.1) is 17.7 Å². The van der Waals surface area contributed by atoms with Crippen LogP contribution in [0.5, 0.6) is 0 Å². The van der Waals surface area contributed by atoms with Gasteiger partial charge in [0.05, 0.1) is 12.5 Å². The molecular weight excluding hydrogens is 413 g/mol. The van der Waals surface area contributed by atoms with Crippen LogP contribution >= 0.6 is 0 Å². The van der Waals surface area contributed by atoms with Crippen molar-refractivity contribution in [2.24, 2.45) is 11.8 Å². The number of amides is 1. The lowest BCUT2D eigenvalue weighted by Crippen LogP contribution is -2.40. The lowest BCUT2D eigenvalue weighted by Gasteiger charge is -2.26. The van der Waals surface area contributed by atoms with Gasteiger partial charge < -0.3 is 14.7 Å². The van der Waals surface area contributed by atoms with Gasteiger partial charge in [-0.15, -0.1) is 0 Å². The number of esters is 1. The molecule has 170 valence electrons. The molecule has 1 unspecified atom stereocenters. The van der Waals surface area contributed by atoms with Gasteiger partial charge in [-0.3, -0.25) is 14.4 Å². The summed E-state index contributed by atoms with van der Waals surface area (Å²) in [6.07, 6.45) is 2.28. The zero-order valence-electron chi connectivity index (χ0n) is 18.1. The number of hydrogen-bond acceptors (Lipinski definition) is 4. The number of carboxylic acid groups (broad SMARTS) is 1. The highest BCUT2D eigenvalue weighted by molar-refractivity contribution is 6.00. The van der Waals surface area contributed by atoms with Gasteiger partial charge in [-0.05, 0) is 68.4 Å². The fraction of sp³-hybridized carbons (Fsp3) is 0.400. The Morgan fingerprint density at radius 3 is 2.66 bits per heavy atom. The molecule has 1 amide bonds. The van der Waals surface area contributed by atoms with Crippen molar-refractivity contribution < 1.29 is 28.6 Å². The Morgan fingerprint density at radius 1 is 1.22 bits per heavy atom. The highest BCUT2D eigenvalue weighted by Gasteiger charge is 2.35. The van der Waals surface area contributed by atoms with Gasteiger partial charge in [-0.1, -0.05) is 30.3 Å². The Kier molecular flexibility index (Phi) is 7.98. The van der Waals surface area contributed by atoms with E-state index in [-0.39, 0.29) is 24.9 Å². The first-order chi connectivity index (χ1) is 15.4. The van der Waals surface area contributed by atoms with Crippen molar-refractivity contribution in [1.29, 1.82) is 0 Å². The quantitative estimate of drug-likeness (QED) is 0.595. The maximum Gasteiger partial charge on any atom is 0.323 e. The smallest absolute Gasteiger partial charge is 0.323 e. The number of fused-ring (bicyclic) bond motifs is 1. The van der Waals surface area contributed by atoms with Crippen LogP contribution in [0.1, 0.15) is 37.3 Å². The van der Waals surface area contributed by atoms with Crippen LogP contribution in [0.15, 0.2) is 48.5 Å². The van der Waals surface area contributed by atoms with E-state index < -0.39 is 30.2 Å². The Labute approximate surface area is 187 Å². The van der Waals surface area contributed by atoms with E-state index in [0.717, 1.165) is 5.56 Å². The molecule has 0 spiro atoms. The highest BCUT2D eigenvalue weighted by atomic mass is 19.1. The number of nitrogens with zero attached hydrogens (tertiary/aromatic N) is 1. The maximum absolute atomic E-state index is 13.8. The summed E-state index contributed by atoms with van der Waals surface area (Å²) in [6.45, 7) is 1.47. The summed E-state index contributed by atoms with van der Waals surface area (Å²) in [5.41, 5.74) is 2.10. The van der Waals surface area contributed by atoms with E-state index in [2.05, 4.69) is 0 Å². The molecule has 2 atom stereocenters. The molecule has 0 radical (unpaired) electrons. The van der Waals surface area contributed by atoms with Gasteiger partial charge in [0.1, 0.15) is 12.4 Å². The number of halogens is 1. The Morgan fingerprint density at radius 2 is 1.97 bits per heavy atom. The average molecular weight is 441 g/mol. The van der Waals surface area contributed by atoms with Gasteiger partial charge in [0.25, 0.3) is 0 Å². The van der Waals surface area contributed by atoms with Crippen molar-refractivity contribution in [2.45, 2.75) is 39.0 Å². The summed E-state index contributed by atoms with van der Waals surface area (Å²) >= 11 is 0. The van der Waals surface area contributed by atoms with E-state index in [0.29, 0.717) is 36.9 Å². The minimum absolute atomic E-state index is 0.245. The fourth-order valence-corrected chi connectivity index (χ4v) is 4.25. The second-order valence-electron chi connectivity index (χ2n) is 8.04. The van der Waals surface area contributed by atoms with Crippen LogP contribution in [-0.2, 0) is 32.0 Å². The first kappa shape index (κ1) is 23.4. The summed E-state index contributed by atoms with van der Waals surface area (Å²) < 4.78 is 19.1. The van der Waals surface area contributed by atoms with Crippen molar-refractivity contribution in [2.75, 3.05) is 18.1 Å². The van der Waals surface area contributed by atoms with E-state index >= 15 is 0 Å². The second-order valence-corrected chi connectivity index (χ2v) is 8.04. The maximum atomic E-state index is 13.8. The van der Waals surface area contributed by atoms with Gasteiger partial charge in [0.15, 0.2) is 0 Å². The molecule has 0 bridgehead atoms. The first-order valence-corrected chi connectivity index (χ1v) is 10.9. The monoisotopic (exact) mass is 441 g/mol. The lowest BCUT2D eigenvalue weighted by molar-refractivity contribution is -0.149. The minimum Gasteiger partial charge on any atom is -0.480 e. The SMILES string of the molecule is CCOC(=O)C(CCc1ccccc1)C[C@H]1CCc2cc(F)ccc2N(CC(=O)O)C1=O. The van der Waals surface area contributed by atoms with Crippen molar-refractivity contribution >= 4 is 23.5 Å². The molecule has 1 heterocycles. The number of hydrogen-bond donors (Lipinski definition) is 1. The summed E-state index contributed by atoms with van der Waals surface area (Å²) in [5, 5.41) is 9.35. The van der Waals surface area contributed by atoms with Crippen molar-refractivity contribution in [1.82, 2.24) is 0 Å². The molecule has 32 heavy (non-hydrogen) atoms. The topological polar surface area (TPSA) is 83.9 Å². The number of carboxylic acids is 1. The van der Waals surface area contributed by atoms with E-state index in [1.54, 1.807) is 6.92 Å². The molecule has 6 nitrogen and oxygen atoms in total. The van der Waals surface area contributed by atoms with Crippen LogP contribution in [0.4, 0.5) is 10.1 Å². The third-order valence-electron chi connectivity index (χ3n) is 5.82. The fourth-order valence-electron chi connectivity index (χ4n) is 4.25. The Balaban J connectivity index is 1.82. The third kappa shape index (κ3) is 5.93. The van der Waals surface area contributed by atoms with Crippen molar-refractivity contribution in [3.05, 3.63) is 65.5 Å². The molecule has 0 aliphatic carbocycles. The molecule has 1 aliphatic rings. The van der Waals surface area contributed by atoms with Gasteiger partial charge in [0, 0.05) is 11.6 Å². The lowest BCUT2D eigenvalue weighted by atomic mass is 9.86. The van der Waals surface area contributed by atoms with Gasteiger partial charge in [0.2, 0.25) is 5.91 Å². The number of rotatable bonds is 9. The predicted molar refractivity (Wildman–Crippen MR) is 118 cm³/mol. The van der Waals surface area contributed by atoms with Crippen molar-refractivity contribution in [3.8, 4) is 0 Å². The minimum atomic E-state index is -1.15. The Bertz CT molecular complexity index is 962. The molecule has 1 N–H and O–H groups in total. The Hall–Kier alpha value is -3.22. The van der Waals surface area contributed by atoms with Gasteiger partial charge >= 0.3 is 11.9 Å². The number of carbonyl (C=O) groups is 3. The second kappa shape index (κ2) is 10.9. The van der Waals surface area contributed by atoms with Crippen LogP contribution in [0.3, 0.4) is 0 Å². The van der Waals surface area contributed by atoms with Gasteiger partial charge in [-0.25, -0.2) is 4.39 Å². The number of aryl methyl sites for hydroxylation is 2. The number of benzene rings is 2. The highest BCUT2D eigenvalue weighted by Crippen LogP contribution is 2.33. The molecule has 0 fully saturated rings. The molecule has 3 rings (SSSR count). The molecule has 0 saturated heterocycles. The number of ether oxygens (including phenoxy) is 1. The molecule has 7 heteroatoms. The summed E-state index contributed by atoms with van der Waals surface area (Å²) in [6, 6.07) is 13.8. The summed E-state index contributed by atoms with van der Waals surface area (Å²) in [4.78, 5) is 38.6. The zero-order chi connectivity index (χ0) is 23.1. The number of anilines is 1.